The van der Waals surface area contributed by atoms with Crippen molar-refractivity contribution in [1.82, 2.24) is 5.32 Å². The van der Waals surface area contributed by atoms with Crippen molar-refractivity contribution in [1.29, 1.82) is 0 Å². The Labute approximate surface area is 471 Å². The Kier molecular flexibility index (Phi) is 64.3. The van der Waals surface area contributed by atoms with Gasteiger partial charge in [0, 0.05) is 6.42 Å². The largest absolute Gasteiger partial charge is 0.394 e. The van der Waals surface area contributed by atoms with Crippen LogP contribution in [0, 0.1) is 0 Å². The minimum Gasteiger partial charge on any atom is -0.394 e. The van der Waals surface area contributed by atoms with Crippen LogP contribution >= 0.6 is 0 Å². The number of unbranched alkanes of at least 4 members (excludes halogenated alkanes) is 53. The summed E-state index contributed by atoms with van der Waals surface area (Å²) in [5.74, 6) is -0.150. The molecule has 0 heterocycles. The van der Waals surface area contributed by atoms with Gasteiger partial charge < -0.3 is 20.6 Å². The topological polar surface area (TPSA) is 89.8 Å². The minimum absolute atomic E-state index is 0.150. The molecule has 4 N–H and O–H groups in total. The van der Waals surface area contributed by atoms with Gasteiger partial charge in [0.05, 0.1) is 18.8 Å². The summed E-state index contributed by atoms with van der Waals surface area (Å²) < 4.78 is 0. The van der Waals surface area contributed by atoms with Gasteiger partial charge in [0.2, 0.25) is 5.91 Å². The van der Waals surface area contributed by atoms with E-state index in [0.29, 0.717) is 12.8 Å². The Balaban J connectivity index is 3.47. The first-order valence-corrected chi connectivity index (χ1v) is 34.6. The van der Waals surface area contributed by atoms with Crippen LogP contribution in [0.15, 0.2) is 24.3 Å². The molecule has 3 atom stereocenters. The van der Waals surface area contributed by atoms with Crippen LogP contribution in [0.1, 0.15) is 393 Å². The van der Waals surface area contributed by atoms with Crippen LogP contribution < -0.4 is 5.32 Å². The summed E-state index contributed by atoms with van der Waals surface area (Å²) in [5, 5.41) is 33.9. The molecule has 0 aliphatic rings. The van der Waals surface area contributed by atoms with Crippen molar-refractivity contribution in [2.75, 3.05) is 6.61 Å². The molecule has 0 bridgehead atoms. The second-order valence-electron chi connectivity index (χ2n) is 24.1. The molecule has 0 aliphatic heterocycles. The van der Waals surface area contributed by atoms with Crippen LogP contribution in [0.5, 0.6) is 0 Å². The SMILES string of the molecule is CCCCCCCCCCCCCCCCC/C=C/CC/C=C/CCCC(O)C(O)C(CO)NC(=O)CCCCCCCCCCCCCCCCCCCCCCCCCCCCCCCCCCCCCCC. The number of aliphatic hydroxyl groups excluding tert-OH is 3. The molecule has 0 rings (SSSR count). The van der Waals surface area contributed by atoms with E-state index in [-0.39, 0.29) is 12.5 Å². The van der Waals surface area contributed by atoms with Crippen LogP contribution in [-0.2, 0) is 4.79 Å². The Morgan fingerprint density at radius 2 is 0.547 bits per heavy atom. The zero-order chi connectivity index (χ0) is 54.3. The second-order valence-corrected chi connectivity index (χ2v) is 24.1. The fourth-order valence-corrected chi connectivity index (χ4v) is 11.2. The van der Waals surface area contributed by atoms with E-state index >= 15 is 0 Å². The molecule has 1 amide bonds. The lowest BCUT2D eigenvalue weighted by Gasteiger charge is -2.26. The first-order valence-electron chi connectivity index (χ1n) is 34.6. The predicted molar refractivity (Wildman–Crippen MR) is 333 cm³/mol. The Morgan fingerprint density at radius 1 is 0.320 bits per heavy atom. The molecule has 5 nitrogen and oxygen atoms in total. The van der Waals surface area contributed by atoms with Crippen molar-refractivity contribution >= 4 is 5.91 Å². The average Bonchev–Trinajstić information content (AvgIpc) is 3.41. The Morgan fingerprint density at radius 3 is 0.813 bits per heavy atom. The summed E-state index contributed by atoms with van der Waals surface area (Å²) in [7, 11) is 0. The third kappa shape index (κ3) is 60.3. The second kappa shape index (κ2) is 65.3. The number of carbonyl (C=O) groups is 1. The Bertz CT molecular complexity index is 1120. The molecule has 446 valence electrons. The van der Waals surface area contributed by atoms with Crippen LogP contribution in [0.2, 0.25) is 0 Å². The van der Waals surface area contributed by atoms with Crippen LogP contribution in [0.25, 0.3) is 0 Å². The maximum Gasteiger partial charge on any atom is 0.220 e. The number of hydrogen-bond donors (Lipinski definition) is 4. The van der Waals surface area contributed by atoms with E-state index in [1.807, 2.05) is 0 Å². The highest BCUT2D eigenvalue weighted by atomic mass is 16.3. The standard InChI is InChI=1S/C70H137NO4/c1-3-5-7-9-11-13-15-17-19-21-23-25-27-29-30-31-32-33-34-35-36-37-38-39-40-41-43-45-47-49-51-53-55-57-59-61-63-65-69(74)71-67(66-72)70(75)68(73)64-62-60-58-56-54-52-50-48-46-44-42-28-26-24-22-20-18-16-14-12-10-8-6-4-2/h48,50,56,58,67-68,70,72-73,75H,3-47,49,51-55,57,59-66H2,1-2H3,(H,71,74)/b50-48+,58-56+. The Hall–Kier alpha value is -1.17. The van der Waals surface area contributed by atoms with Crippen molar-refractivity contribution in [3.05, 3.63) is 24.3 Å². The quantitative estimate of drug-likeness (QED) is 0.0361. The van der Waals surface area contributed by atoms with Gasteiger partial charge in [0.1, 0.15) is 6.10 Å². The van der Waals surface area contributed by atoms with Crippen molar-refractivity contribution < 1.29 is 20.1 Å². The van der Waals surface area contributed by atoms with E-state index in [4.69, 9.17) is 0 Å². The lowest BCUT2D eigenvalue weighted by molar-refractivity contribution is -0.124. The highest BCUT2D eigenvalue weighted by molar-refractivity contribution is 5.76. The summed E-state index contributed by atoms with van der Waals surface area (Å²) in [6, 6.07) is -0.831. The number of amides is 1. The van der Waals surface area contributed by atoms with Crippen LogP contribution in [0.3, 0.4) is 0 Å². The van der Waals surface area contributed by atoms with E-state index < -0.39 is 18.2 Å². The van der Waals surface area contributed by atoms with Gasteiger partial charge >= 0.3 is 0 Å². The molecule has 3 unspecified atom stereocenters. The van der Waals surface area contributed by atoms with Gasteiger partial charge in [0.15, 0.2) is 0 Å². The highest BCUT2D eigenvalue weighted by Gasteiger charge is 2.26. The number of rotatable bonds is 65. The summed E-state index contributed by atoms with van der Waals surface area (Å²) >= 11 is 0. The number of nitrogens with one attached hydrogen (secondary N) is 1. The molecule has 0 aromatic carbocycles. The molecular formula is C70H137NO4. The summed E-state index contributed by atoms with van der Waals surface area (Å²) in [5.41, 5.74) is 0. The van der Waals surface area contributed by atoms with Gasteiger partial charge in [-0.3, -0.25) is 4.79 Å². The third-order valence-electron chi connectivity index (χ3n) is 16.5. The van der Waals surface area contributed by atoms with E-state index in [1.54, 1.807) is 0 Å². The fraction of sp³-hybridized carbons (Fsp3) is 0.929. The van der Waals surface area contributed by atoms with Gasteiger partial charge in [-0.15, -0.1) is 0 Å². The lowest BCUT2D eigenvalue weighted by atomic mass is 10.0. The number of allylic oxidation sites excluding steroid dienone is 4. The van der Waals surface area contributed by atoms with Gasteiger partial charge in [-0.1, -0.05) is 359 Å². The van der Waals surface area contributed by atoms with Gasteiger partial charge in [-0.2, -0.15) is 0 Å². The summed E-state index contributed by atoms with van der Waals surface area (Å²) in [4.78, 5) is 12.6. The minimum atomic E-state index is -1.17. The molecule has 0 saturated carbocycles. The van der Waals surface area contributed by atoms with Crippen LogP contribution in [-0.4, -0.2) is 46.1 Å². The molecule has 0 aliphatic carbocycles. The molecule has 0 radical (unpaired) electrons. The summed E-state index contributed by atoms with van der Waals surface area (Å²) in [6.45, 7) is 4.22. The monoisotopic (exact) mass is 1060 g/mol. The van der Waals surface area contributed by atoms with Crippen molar-refractivity contribution in [2.45, 2.75) is 411 Å². The normalized spacial score (nSPS) is 13.2. The summed E-state index contributed by atoms with van der Waals surface area (Å²) in [6.07, 6.45) is 85.5. The first kappa shape index (κ1) is 73.8. The fourth-order valence-electron chi connectivity index (χ4n) is 11.2. The number of hydrogen-bond acceptors (Lipinski definition) is 4. The molecular weight excluding hydrogens is 919 g/mol. The number of aliphatic hydroxyl groups is 3. The van der Waals surface area contributed by atoms with E-state index in [0.717, 1.165) is 44.9 Å². The lowest BCUT2D eigenvalue weighted by Crippen LogP contribution is -2.50. The smallest absolute Gasteiger partial charge is 0.220 e. The third-order valence-corrected chi connectivity index (χ3v) is 16.5. The molecule has 75 heavy (non-hydrogen) atoms. The van der Waals surface area contributed by atoms with Crippen LogP contribution in [0.4, 0.5) is 0 Å². The van der Waals surface area contributed by atoms with Gasteiger partial charge in [-0.05, 0) is 51.4 Å². The van der Waals surface area contributed by atoms with E-state index in [9.17, 15) is 20.1 Å². The van der Waals surface area contributed by atoms with Crippen molar-refractivity contribution in [2.24, 2.45) is 0 Å². The molecule has 5 heteroatoms. The van der Waals surface area contributed by atoms with E-state index in [1.165, 1.54) is 321 Å². The molecule has 0 spiro atoms. The van der Waals surface area contributed by atoms with Gasteiger partial charge in [0.25, 0.3) is 0 Å². The maximum absolute atomic E-state index is 12.6. The molecule has 0 saturated heterocycles. The maximum atomic E-state index is 12.6. The average molecular weight is 1060 g/mol. The number of carbonyl (C=O) groups excluding carboxylic acids is 1. The highest BCUT2D eigenvalue weighted by Crippen LogP contribution is 2.19. The van der Waals surface area contributed by atoms with Crippen molar-refractivity contribution in [3.8, 4) is 0 Å². The van der Waals surface area contributed by atoms with Crippen molar-refractivity contribution in [3.63, 3.8) is 0 Å². The van der Waals surface area contributed by atoms with Gasteiger partial charge in [-0.25, -0.2) is 0 Å². The first-order chi connectivity index (χ1) is 37.1. The molecule has 0 fully saturated rings. The molecule has 0 aromatic heterocycles. The molecule has 0 aromatic rings. The predicted octanol–water partition coefficient (Wildman–Crippen LogP) is 22.4. The zero-order valence-electron chi connectivity index (χ0n) is 51.2. The zero-order valence-corrected chi connectivity index (χ0v) is 51.2. The van der Waals surface area contributed by atoms with E-state index in [2.05, 4.69) is 43.5 Å².